The predicted octanol–water partition coefficient (Wildman–Crippen LogP) is 2.10. The summed E-state index contributed by atoms with van der Waals surface area (Å²) in [6.07, 6.45) is 1.58. The highest BCUT2D eigenvalue weighted by molar-refractivity contribution is 7.92. The highest BCUT2D eigenvalue weighted by atomic mass is 32.2. The van der Waals surface area contributed by atoms with Crippen LogP contribution in [0.25, 0.3) is 0 Å². The smallest absolute Gasteiger partial charge is 0.232 e. The molecule has 0 spiro atoms. The van der Waals surface area contributed by atoms with E-state index in [0.29, 0.717) is 6.42 Å². The lowest BCUT2D eigenvalue weighted by Gasteiger charge is -2.09. The molecule has 4 nitrogen and oxygen atoms in total. The summed E-state index contributed by atoms with van der Waals surface area (Å²) in [6, 6.07) is 3.69. The normalized spacial score (nSPS) is 10.8. The van der Waals surface area contributed by atoms with Gasteiger partial charge in [-0.3, -0.25) is 4.72 Å². The molecule has 6 heteroatoms. The van der Waals surface area contributed by atoms with Crippen molar-refractivity contribution >= 4 is 15.7 Å². The molecular weight excluding hydrogens is 281 g/mol. The number of unbranched alkanes of at least 4 members (excludes halogenated alkanes) is 1. The van der Waals surface area contributed by atoms with Crippen molar-refractivity contribution in [2.75, 3.05) is 17.1 Å². The number of rotatable bonds is 6. The molecule has 0 saturated carbocycles. The lowest BCUT2D eigenvalue weighted by atomic mass is 10.2. The molecule has 0 aromatic heterocycles. The van der Waals surface area contributed by atoms with Gasteiger partial charge < -0.3 is 5.11 Å². The number of benzene rings is 1. The molecule has 1 rings (SSSR count). The molecule has 0 aliphatic rings. The molecule has 0 amide bonds. The zero-order valence-corrected chi connectivity index (χ0v) is 12.1. The molecule has 20 heavy (non-hydrogen) atoms. The fourth-order valence-electron chi connectivity index (χ4n) is 1.48. The number of sulfonamides is 1. The van der Waals surface area contributed by atoms with Gasteiger partial charge in [-0.2, -0.15) is 0 Å². The van der Waals surface area contributed by atoms with E-state index in [9.17, 15) is 12.8 Å². The van der Waals surface area contributed by atoms with E-state index in [4.69, 9.17) is 5.11 Å². The van der Waals surface area contributed by atoms with Gasteiger partial charge in [0.25, 0.3) is 0 Å². The van der Waals surface area contributed by atoms with Crippen LogP contribution in [0.5, 0.6) is 0 Å². The minimum atomic E-state index is -3.45. The fraction of sp³-hybridized carbons (Fsp3) is 0.429. The monoisotopic (exact) mass is 299 g/mol. The molecule has 0 saturated heterocycles. The second kappa shape index (κ2) is 7.88. The van der Waals surface area contributed by atoms with Crippen LogP contribution in [0.3, 0.4) is 0 Å². The Labute approximate surface area is 119 Å². The van der Waals surface area contributed by atoms with Crippen LogP contribution < -0.4 is 4.72 Å². The van der Waals surface area contributed by atoms with E-state index in [1.165, 1.54) is 18.2 Å². The summed E-state index contributed by atoms with van der Waals surface area (Å²) >= 11 is 0. The Hall–Kier alpha value is -1.58. The molecule has 0 unspecified atom stereocenters. The van der Waals surface area contributed by atoms with Crippen molar-refractivity contribution in [3.05, 3.63) is 29.6 Å². The maximum absolute atomic E-state index is 13.2. The van der Waals surface area contributed by atoms with Gasteiger partial charge in [-0.25, -0.2) is 12.8 Å². The Morgan fingerprint density at radius 2 is 2.15 bits per heavy atom. The van der Waals surface area contributed by atoms with Gasteiger partial charge in [0.1, 0.15) is 5.82 Å². The molecule has 0 fully saturated rings. The van der Waals surface area contributed by atoms with Crippen molar-refractivity contribution in [1.29, 1.82) is 0 Å². The van der Waals surface area contributed by atoms with Gasteiger partial charge in [0.15, 0.2) is 0 Å². The van der Waals surface area contributed by atoms with Crippen LogP contribution in [-0.4, -0.2) is 25.9 Å². The van der Waals surface area contributed by atoms with Crippen molar-refractivity contribution in [3.63, 3.8) is 0 Å². The Morgan fingerprint density at radius 1 is 1.40 bits per heavy atom. The zero-order valence-electron chi connectivity index (χ0n) is 11.3. The molecule has 0 atom stereocenters. The van der Waals surface area contributed by atoms with Crippen LogP contribution in [0.15, 0.2) is 18.2 Å². The Kier molecular flexibility index (Phi) is 6.49. The summed E-state index contributed by atoms with van der Waals surface area (Å²) in [6.45, 7) is 1.80. The molecule has 0 heterocycles. The first-order valence-electron chi connectivity index (χ1n) is 6.38. The van der Waals surface area contributed by atoms with E-state index in [1.807, 2.05) is 6.92 Å². The number of hydrogen-bond acceptors (Lipinski definition) is 3. The molecule has 2 N–H and O–H groups in total. The third kappa shape index (κ3) is 5.59. The summed E-state index contributed by atoms with van der Waals surface area (Å²) in [5.41, 5.74) is 0.520. The summed E-state index contributed by atoms with van der Waals surface area (Å²) in [4.78, 5) is 0. The molecule has 0 radical (unpaired) electrons. The van der Waals surface area contributed by atoms with E-state index in [0.717, 1.165) is 6.42 Å². The molecule has 110 valence electrons. The lowest BCUT2D eigenvalue weighted by Crippen LogP contribution is -2.17. The second-order valence-corrected chi connectivity index (χ2v) is 6.08. The van der Waals surface area contributed by atoms with Crippen molar-refractivity contribution < 1.29 is 17.9 Å². The zero-order chi connectivity index (χ0) is 15.0. The van der Waals surface area contributed by atoms with Crippen LogP contribution >= 0.6 is 0 Å². The largest absolute Gasteiger partial charge is 0.395 e. The number of aliphatic hydroxyl groups excluding tert-OH is 1. The van der Waals surface area contributed by atoms with E-state index < -0.39 is 15.8 Å². The van der Waals surface area contributed by atoms with Gasteiger partial charge in [-0.1, -0.05) is 25.2 Å². The Morgan fingerprint density at radius 3 is 2.80 bits per heavy atom. The third-order valence-electron chi connectivity index (χ3n) is 2.47. The van der Waals surface area contributed by atoms with E-state index in [1.54, 1.807) is 0 Å². The minimum absolute atomic E-state index is 0.0182. The summed E-state index contributed by atoms with van der Waals surface area (Å²) in [7, 11) is -3.45. The average Bonchev–Trinajstić information content (AvgIpc) is 2.40. The summed E-state index contributed by atoms with van der Waals surface area (Å²) in [5.74, 6) is 4.83. The first kappa shape index (κ1) is 16.5. The number of nitrogens with one attached hydrogen (secondary N) is 1. The fourth-order valence-corrected chi connectivity index (χ4v) is 2.76. The van der Waals surface area contributed by atoms with E-state index in [2.05, 4.69) is 16.6 Å². The third-order valence-corrected chi connectivity index (χ3v) is 3.83. The Bertz CT molecular complexity index is 603. The highest BCUT2D eigenvalue weighted by Crippen LogP contribution is 2.18. The topological polar surface area (TPSA) is 66.4 Å². The van der Waals surface area contributed by atoms with Gasteiger partial charge in [0, 0.05) is 6.42 Å². The standard InChI is InChI=1S/C14H18FNO3S/c1-2-3-10-20(18,19)16-14-8-7-13(15)11-12(14)6-4-5-9-17/h7-8,11,16-17H,2-3,5,9-10H2,1H3. The molecule has 0 bridgehead atoms. The summed E-state index contributed by atoms with van der Waals surface area (Å²) in [5, 5.41) is 8.66. The van der Waals surface area contributed by atoms with Crippen molar-refractivity contribution in [2.45, 2.75) is 26.2 Å². The summed E-state index contributed by atoms with van der Waals surface area (Å²) < 4.78 is 39.3. The van der Waals surface area contributed by atoms with Gasteiger partial charge in [-0.05, 0) is 24.6 Å². The average molecular weight is 299 g/mol. The van der Waals surface area contributed by atoms with Crippen molar-refractivity contribution in [3.8, 4) is 11.8 Å². The van der Waals surface area contributed by atoms with Crippen LogP contribution in [0, 0.1) is 17.7 Å². The van der Waals surface area contributed by atoms with Crippen molar-refractivity contribution in [1.82, 2.24) is 0 Å². The first-order valence-corrected chi connectivity index (χ1v) is 8.03. The van der Waals surface area contributed by atoms with E-state index >= 15 is 0 Å². The van der Waals surface area contributed by atoms with Crippen LogP contribution in [0.2, 0.25) is 0 Å². The maximum Gasteiger partial charge on any atom is 0.232 e. The second-order valence-electron chi connectivity index (χ2n) is 4.24. The number of halogens is 1. The predicted molar refractivity (Wildman–Crippen MR) is 77.3 cm³/mol. The Balaban J connectivity index is 2.98. The molecular formula is C14H18FNO3S. The minimum Gasteiger partial charge on any atom is -0.395 e. The maximum atomic E-state index is 13.2. The van der Waals surface area contributed by atoms with Gasteiger partial charge >= 0.3 is 0 Å². The quantitative estimate of drug-likeness (QED) is 0.791. The molecule has 0 aliphatic carbocycles. The van der Waals surface area contributed by atoms with Crippen LogP contribution in [-0.2, 0) is 10.0 Å². The lowest BCUT2D eigenvalue weighted by molar-refractivity contribution is 0.305. The molecule has 1 aromatic rings. The first-order chi connectivity index (χ1) is 9.48. The SMILES string of the molecule is CCCCS(=O)(=O)Nc1ccc(F)cc1C#CCCO. The number of hydrogen-bond donors (Lipinski definition) is 2. The van der Waals surface area contributed by atoms with Crippen LogP contribution in [0.1, 0.15) is 31.7 Å². The number of aliphatic hydroxyl groups is 1. The molecule has 0 aliphatic heterocycles. The number of anilines is 1. The van der Waals surface area contributed by atoms with E-state index in [-0.39, 0.29) is 30.0 Å². The van der Waals surface area contributed by atoms with Gasteiger partial charge in [-0.15, -0.1) is 0 Å². The molecule has 1 aromatic carbocycles. The van der Waals surface area contributed by atoms with Gasteiger partial charge in [0.05, 0.1) is 23.6 Å². The van der Waals surface area contributed by atoms with Crippen LogP contribution in [0.4, 0.5) is 10.1 Å². The van der Waals surface area contributed by atoms with Gasteiger partial charge in [0.2, 0.25) is 10.0 Å². The highest BCUT2D eigenvalue weighted by Gasteiger charge is 2.12. The van der Waals surface area contributed by atoms with Crippen molar-refractivity contribution in [2.24, 2.45) is 0 Å².